The van der Waals surface area contributed by atoms with Gasteiger partial charge in [0.25, 0.3) is 0 Å². The van der Waals surface area contributed by atoms with Crippen molar-refractivity contribution in [2.45, 2.75) is 44.4 Å². The lowest BCUT2D eigenvalue weighted by Gasteiger charge is -2.25. The number of carbonyl (C=O) groups excluding carboxylic acids is 3. The van der Waals surface area contributed by atoms with Gasteiger partial charge in [-0.3, -0.25) is 9.69 Å². The van der Waals surface area contributed by atoms with Gasteiger partial charge in [0, 0.05) is 6.54 Å². The topological polar surface area (TPSA) is 84.9 Å². The van der Waals surface area contributed by atoms with Crippen LogP contribution >= 0.6 is 0 Å². The van der Waals surface area contributed by atoms with Crippen molar-refractivity contribution in [1.82, 2.24) is 10.2 Å². The van der Waals surface area contributed by atoms with Gasteiger partial charge in [-0.25, -0.2) is 9.59 Å². The third kappa shape index (κ3) is 5.84. The number of likely N-dealkylation sites (tertiary alicyclic amines) is 1. The minimum Gasteiger partial charge on any atom is -0.467 e. The molecule has 0 unspecified atom stereocenters. The Kier molecular flexibility index (Phi) is 7.85. The Bertz CT molecular complexity index is 662. The number of hydrogen-bond acceptors (Lipinski definition) is 5. The number of carbonyl (C=O) groups is 3. The molecule has 2 atom stereocenters. The second-order valence-corrected chi connectivity index (χ2v) is 6.34. The van der Waals surface area contributed by atoms with E-state index in [1.165, 1.54) is 12.0 Å². The highest BCUT2D eigenvalue weighted by Crippen LogP contribution is 2.19. The Balaban J connectivity index is 1.94. The van der Waals surface area contributed by atoms with Crippen molar-refractivity contribution >= 4 is 18.0 Å². The van der Waals surface area contributed by atoms with Crippen molar-refractivity contribution < 1.29 is 23.9 Å². The number of rotatable bonds is 8. The summed E-state index contributed by atoms with van der Waals surface area (Å²) >= 11 is 0. The average Bonchev–Trinajstić information content (AvgIpc) is 3.19. The second kappa shape index (κ2) is 10.4. The smallest absolute Gasteiger partial charge is 0.410 e. The molecule has 1 N–H and O–H groups in total. The van der Waals surface area contributed by atoms with E-state index in [1.807, 2.05) is 30.3 Å². The predicted molar refractivity (Wildman–Crippen MR) is 99.7 cm³/mol. The summed E-state index contributed by atoms with van der Waals surface area (Å²) in [5.74, 6) is -0.884. The maximum atomic E-state index is 12.6. The molecule has 0 spiro atoms. The van der Waals surface area contributed by atoms with Crippen LogP contribution in [0.2, 0.25) is 0 Å². The van der Waals surface area contributed by atoms with E-state index in [0.29, 0.717) is 32.2 Å². The van der Waals surface area contributed by atoms with Crippen LogP contribution in [-0.4, -0.2) is 48.6 Å². The van der Waals surface area contributed by atoms with E-state index in [4.69, 9.17) is 9.47 Å². The summed E-state index contributed by atoms with van der Waals surface area (Å²) in [6.45, 7) is 4.21. The van der Waals surface area contributed by atoms with Crippen LogP contribution in [-0.2, 0) is 25.7 Å². The fourth-order valence-electron chi connectivity index (χ4n) is 3.00. The summed E-state index contributed by atoms with van der Waals surface area (Å²) in [7, 11) is 1.28. The summed E-state index contributed by atoms with van der Waals surface area (Å²) in [6, 6.07) is 7.93. The third-order valence-corrected chi connectivity index (χ3v) is 4.46. The second-order valence-electron chi connectivity index (χ2n) is 6.34. The van der Waals surface area contributed by atoms with Gasteiger partial charge in [0.05, 0.1) is 7.11 Å². The summed E-state index contributed by atoms with van der Waals surface area (Å²) in [4.78, 5) is 38.3. The monoisotopic (exact) mass is 374 g/mol. The Morgan fingerprint density at radius 1 is 1.33 bits per heavy atom. The normalized spacial score (nSPS) is 17.1. The fourth-order valence-corrected chi connectivity index (χ4v) is 3.00. The molecule has 1 aromatic carbocycles. The van der Waals surface area contributed by atoms with Crippen molar-refractivity contribution in [1.29, 1.82) is 0 Å². The first-order valence-electron chi connectivity index (χ1n) is 9.03. The van der Waals surface area contributed by atoms with Crippen molar-refractivity contribution in [2.75, 3.05) is 13.7 Å². The van der Waals surface area contributed by atoms with Crippen LogP contribution in [0.4, 0.5) is 4.79 Å². The number of nitrogens with one attached hydrogen (secondary N) is 1. The molecule has 2 rings (SSSR count). The first-order valence-corrected chi connectivity index (χ1v) is 9.03. The fraction of sp³-hybridized carbons (Fsp3) is 0.450. The number of ether oxygens (including phenoxy) is 2. The quantitative estimate of drug-likeness (QED) is 0.558. The van der Waals surface area contributed by atoms with Crippen LogP contribution < -0.4 is 5.32 Å². The lowest BCUT2D eigenvalue weighted by molar-refractivity contribution is -0.145. The van der Waals surface area contributed by atoms with Gasteiger partial charge >= 0.3 is 12.1 Å². The van der Waals surface area contributed by atoms with Gasteiger partial charge < -0.3 is 14.8 Å². The predicted octanol–water partition coefficient (Wildman–Crippen LogP) is 2.41. The van der Waals surface area contributed by atoms with Crippen LogP contribution in [0.5, 0.6) is 0 Å². The molecule has 1 aromatic rings. The molecule has 1 aliphatic heterocycles. The molecule has 27 heavy (non-hydrogen) atoms. The molecule has 1 heterocycles. The maximum Gasteiger partial charge on any atom is 0.410 e. The van der Waals surface area contributed by atoms with Crippen LogP contribution in [0.3, 0.4) is 0 Å². The first kappa shape index (κ1) is 20.5. The van der Waals surface area contributed by atoms with E-state index in [1.54, 1.807) is 6.08 Å². The Morgan fingerprint density at radius 2 is 2.07 bits per heavy atom. The Morgan fingerprint density at radius 3 is 2.74 bits per heavy atom. The molecular weight excluding hydrogens is 348 g/mol. The molecule has 0 aromatic heterocycles. The summed E-state index contributed by atoms with van der Waals surface area (Å²) in [5, 5.41) is 2.69. The molecule has 146 valence electrons. The minimum absolute atomic E-state index is 0.147. The van der Waals surface area contributed by atoms with Gasteiger partial charge in [0.15, 0.2) is 0 Å². The average molecular weight is 374 g/mol. The van der Waals surface area contributed by atoms with E-state index < -0.39 is 24.1 Å². The molecule has 0 aliphatic carbocycles. The van der Waals surface area contributed by atoms with Gasteiger partial charge in [-0.15, -0.1) is 6.58 Å². The zero-order chi connectivity index (χ0) is 19.6. The molecule has 7 heteroatoms. The maximum absolute atomic E-state index is 12.6. The van der Waals surface area contributed by atoms with Gasteiger partial charge in [0.2, 0.25) is 5.91 Å². The lowest BCUT2D eigenvalue weighted by atomic mass is 10.1. The van der Waals surface area contributed by atoms with Crippen LogP contribution in [0.1, 0.15) is 31.2 Å². The lowest BCUT2D eigenvalue weighted by Crippen LogP contribution is -2.51. The van der Waals surface area contributed by atoms with E-state index in [0.717, 1.165) is 5.56 Å². The first-order chi connectivity index (χ1) is 13.1. The summed E-state index contributed by atoms with van der Waals surface area (Å²) in [6.07, 6.45) is 3.33. The van der Waals surface area contributed by atoms with Gasteiger partial charge in [-0.05, 0) is 31.2 Å². The van der Waals surface area contributed by atoms with Crippen LogP contribution in [0.15, 0.2) is 43.0 Å². The molecule has 0 radical (unpaired) electrons. The molecule has 1 saturated heterocycles. The molecular formula is C20H26N2O5. The number of esters is 1. The zero-order valence-electron chi connectivity index (χ0n) is 15.6. The number of nitrogens with zero attached hydrogens (tertiary/aromatic N) is 1. The number of allylic oxidation sites excluding steroid dienone is 1. The molecule has 1 fully saturated rings. The summed E-state index contributed by atoms with van der Waals surface area (Å²) < 4.78 is 10.1. The zero-order valence-corrected chi connectivity index (χ0v) is 15.6. The summed E-state index contributed by atoms with van der Waals surface area (Å²) in [5.41, 5.74) is 0.876. The van der Waals surface area contributed by atoms with E-state index >= 15 is 0 Å². The minimum atomic E-state index is -0.761. The highest BCUT2D eigenvalue weighted by Gasteiger charge is 2.36. The number of methoxy groups -OCH3 is 1. The van der Waals surface area contributed by atoms with E-state index in [-0.39, 0.29) is 12.5 Å². The van der Waals surface area contributed by atoms with Crippen LogP contribution in [0, 0.1) is 0 Å². The van der Waals surface area contributed by atoms with Gasteiger partial charge in [-0.1, -0.05) is 36.4 Å². The molecule has 2 amide bonds. The molecule has 1 aliphatic rings. The van der Waals surface area contributed by atoms with Crippen molar-refractivity contribution in [3.8, 4) is 0 Å². The van der Waals surface area contributed by atoms with Gasteiger partial charge in [-0.2, -0.15) is 0 Å². The highest BCUT2D eigenvalue weighted by molar-refractivity contribution is 5.90. The SMILES string of the molecule is C=CCC[C@H](NC(=O)[C@H]1CCCN1C(=O)OCc1ccccc1)C(=O)OC. The number of benzene rings is 1. The van der Waals surface area contributed by atoms with Crippen molar-refractivity contribution in [2.24, 2.45) is 0 Å². The number of amides is 2. The molecule has 0 saturated carbocycles. The van der Waals surface area contributed by atoms with E-state index in [9.17, 15) is 14.4 Å². The largest absolute Gasteiger partial charge is 0.467 e. The Labute approximate surface area is 159 Å². The van der Waals surface area contributed by atoms with Gasteiger partial charge in [0.1, 0.15) is 18.7 Å². The van der Waals surface area contributed by atoms with E-state index in [2.05, 4.69) is 11.9 Å². The Hall–Kier alpha value is -2.83. The number of hydrogen-bond donors (Lipinski definition) is 1. The molecule has 0 bridgehead atoms. The standard InChI is InChI=1S/C20H26N2O5/c1-3-4-11-16(19(24)26-2)21-18(23)17-12-8-13-22(17)20(25)27-14-15-9-6-5-7-10-15/h3,5-7,9-10,16-17H,1,4,8,11-14H2,2H3,(H,21,23)/t16-,17+/m0/s1. The highest BCUT2D eigenvalue weighted by atomic mass is 16.6. The van der Waals surface area contributed by atoms with Crippen molar-refractivity contribution in [3.05, 3.63) is 48.6 Å². The molecule has 7 nitrogen and oxygen atoms in total. The third-order valence-electron chi connectivity index (χ3n) is 4.46. The van der Waals surface area contributed by atoms with Crippen LogP contribution in [0.25, 0.3) is 0 Å². The van der Waals surface area contributed by atoms with Crippen molar-refractivity contribution in [3.63, 3.8) is 0 Å².